The molecule has 3 heterocycles. The van der Waals surface area contributed by atoms with Crippen molar-refractivity contribution in [2.24, 2.45) is 5.92 Å². The van der Waals surface area contributed by atoms with E-state index >= 15 is 0 Å². The second-order valence-electron chi connectivity index (χ2n) is 9.81. The Morgan fingerprint density at radius 3 is 2.58 bits per heavy atom. The van der Waals surface area contributed by atoms with E-state index in [1.54, 1.807) is 47.5 Å². The first-order valence-electron chi connectivity index (χ1n) is 13.0. The lowest BCUT2D eigenvalue weighted by Gasteiger charge is -2.33. The van der Waals surface area contributed by atoms with Gasteiger partial charge in [-0.3, -0.25) is 9.36 Å². The van der Waals surface area contributed by atoms with Crippen molar-refractivity contribution in [1.82, 2.24) is 19.4 Å². The zero-order valence-electron chi connectivity index (χ0n) is 21.0. The fourth-order valence-corrected chi connectivity index (χ4v) is 5.03. The molecule has 1 N–H and O–H groups in total. The summed E-state index contributed by atoms with van der Waals surface area (Å²) < 4.78 is 21.9. The number of carbonyl (C=O) groups is 2. The van der Waals surface area contributed by atoms with Crippen molar-refractivity contribution in [3.8, 4) is 16.9 Å². The molecule has 9 nitrogen and oxygen atoms in total. The van der Waals surface area contributed by atoms with Crippen LogP contribution in [0.3, 0.4) is 0 Å². The van der Waals surface area contributed by atoms with E-state index in [4.69, 9.17) is 4.74 Å². The van der Waals surface area contributed by atoms with Crippen LogP contribution in [0.1, 0.15) is 38.5 Å². The number of hydrogen-bond acceptors (Lipinski definition) is 7. The van der Waals surface area contributed by atoms with Crippen molar-refractivity contribution in [3.63, 3.8) is 0 Å². The number of amides is 1. The van der Waals surface area contributed by atoms with Crippen LogP contribution in [0.25, 0.3) is 16.9 Å². The Hall–Kier alpha value is -4.08. The second kappa shape index (κ2) is 11.5. The third-order valence-corrected chi connectivity index (χ3v) is 7.23. The predicted molar refractivity (Wildman–Crippen MR) is 140 cm³/mol. The SMILES string of the molecule is O=CC1CCC(OC(=O)N2CCC(Nc3ncc(F)c(-c4cccc(-n5ccccc5=O)c4)n3)CC2)CC1. The Labute approximate surface area is 219 Å². The van der Waals surface area contributed by atoms with Gasteiger partial charge >= 0.3 is 6.09 Å². The second-order valence-corrected chi connectivity index (χ2v) is 9.81. The molecule has 5 rings (SSSR count). The maximum Gasteiger partial charge on any atom is 0.410 e. The van der Waals surface area contributed by atoms with Gasteiger partial charge in [0.15, 0.2) is 5.82 Å². The zero-order valence-corrected chi connectivity index (χ0v) is 21.0. The maximum absolute atomic E-state index is 14.7. The lowest BCUT2D eigenvalue weighted by atomic mass is 9.88. The number of ether oxygens (including phenoxy) is 1. The molecule has 2 aliphatic rings. The van der Waals surface area contributed by atoms with Crippen molar-refractivity contribution in [2.45, 2.75) is 50.7 Å². The normalized spacial score (nSPS) is 20.1. The number of carbonyl (C=O) groups excluding carboxylic acids is 2. The van der Waals surface area contributed by atoms with Crippen LogP contribution in [0.5, 0.6) is 0 Å². The van der Waals surface area contributed by atoms with E-state index < -0.39 is 5.82 Å². The first-order valence-corrected chi connectivity index (χ1v) is 13.0. The number of aldehydes is 1. The van der Waals surface area contributed by atoms with E-state index in [0.717, 1.165) is 38.2 Å². The Morgan fingerprint density at radius 2 is 1.84 bits per heavy atom. The molecule has 10 heteroatoms. The molecule has 1 saturated carbocycles. The molecule has 1 amide bonds. The molecule has 0 unspecified atom stereocenters. The molecular formula is C28H30FN5O4. The molecule has 3 aromatic rings. The fourth-order valence-electron chi connectivity index (χ4n) is 5.03. The van der Waals surface area contributed by atoms with Crippen LogP contribution in [-0.4, -0.2) is 57.0 Å². The number of likely N-dealkylation sites (tertiary alicyclic amines) is 1. The summed E-state index contributed by atoms with van der Waals surface area (Å²) in [6, 6.07) is 11.9. The topological polar surface area (TPSA) is 106 Å². The third kappa shape index (κ3) is 5.90. The summed E-state index contributed by atoms with van der Waals surface area (Å²) in [6.07, 6.45) is 7.69. The number of nitrogens with one attached hydrogen (secondary N) is 1. The van der Waals surface area contributed by atoms with Crippen LogP contribution in [-0.2, 0) is 9.53 Å². The van der Waals surface area contributed by atoms with Crippen molar-refractivity contribution in [1.29, 1.82) is 0 Å². The molecule has 38 heavy (non-hydrogen) atoms. The van der Waals surface area contributed by atoms with Gasteiger partial charge in [-0.25, -0.2) is 19.2 Å². The number of piperidine rings is 1. The maximum atomic E-state index is 14.7. The van der Waals surface area contributed by atoms with Crippen LogP contribution in [0.15, 0.2) is 59.7 Å². The van der Waals surface area contributed by atoms with Gasteiger partial charge in [-0.15, -0.1) is 0 Å². The lowest BCUT2D eigenvalue weighted by Crippen LogP contribution is -2.44. The van der Waals surface area contributed by atoms with Crippen molar-refractivity contribution in [3.05, 3.63) is 71.0 Å². The summed E-state index contributed by atoms with van der Waals surface area (Å²) >= 11 is 0. The van der Waals surface area contributed by atoms with Crippen molar-refractivity contribution >= 4 is 18.3 Å². The van der Waals surface area contributed by atoms with Gasteiger partial charge in [0.05, 0.1) is 6.20 Å². The van der Waals surface area contributed by atoms with E-state index in [1.165, 1.54) is 10.6 Å². The molecule has 2 fully saturated rings. The number of rotatable bonds is 6. The largest absolute Gasteiger partial charge is 0.446 e. The predicted octanol–water partition coefficient (Wildman–Crippen LogP) is 4.20. The van der Waals surface area contributed by atoms with Gasteiger partial charge in [-0.2, -0.15) is 0 Å². The van der Waals surface area contributed by atoms with Gasteiger partial charge in [-0.05, 0) is 56.7 Å². The minimum atomic E-state index is -0.562. The van der Waals surface area contributed by atoms with E-state index in [2.05, 4.69) is 15.3 Å². The van der Waals surface area contributed by atoms with E-state index in [9.17, 15) is 18.8 Å². The molecule has 2 aromatic heterocycles. The smallest absolute Gasteiger partial charge is 0.410 e. The minimum absolute atomic E-state index is 0.0228. The first-order chi connectivity index (χ1) is 18.5. The van der Waals surface area contributed by atoms with Gasteiger partial charge in [0.1, 0.15) is 18.1 Å². The van der Waals surface area contributed by atoms with Crippen LogP contribution in [0.2, 0.25) is 0 Å². The van der Waals surface area contributed by atoms with Crippen molar-refractivity contribution in [2.75, 3.05) is 18.4 Å². The van der Waals surface area contributed by atoms with Gasteiger partial charge < -0.3 is 19.7 Å². The number of hydrogen-bond donors (Lipinski definition) is 1. The van der Waals surface area contributed by atoms with Gasteiger partial charge in [0.2, 0.25) is 5.95 Å². The van der Waals surface area contributed by atoms with Crippen LogP contribution >= 0.6 is 0 Å². The Kier molecular flexibility index (Phi) is 7.76. The highest BCUT2D eigenvalue weighted by Gasteiger charge is 2.28. The molecule has 0 atom stereocenters. The summed E-state index contributed by atoms with van der Waals surface area (Å²) in [6.45, 7) is 1.06. The molecule has 1 aliphatic heterocycles. The molecule has 1 saturated heterocycles. The quantitative estimate of drug-likeness (QED) is 0.487. The fraction of sp³-hybridized carbons (Fsp3) is 0.393. The highest BCUT2D eigenvalue weighted by atomic mass is 19.1. The highest BCUT2D eigenvalue weighted by Crippen LogP contribution is 2.27. The number of halogens is 1. The molecule has 0 radical (unpaired) electrons. The van der Waals surface area contributed by atoms with E-state index in [0.29, 0.717) is 43.1 Å². The number of aromatic nitrogens is 3. The number of anilines is 1. The van der Waals surface area contributed by atoms with E-state index in [1.807, 2.05) is 0 Å². The molecule has 1 aliphatic carbocycles. The minimum Gasteiger partial charge on any atom is -0.446 e. The number of benzene rings is 1. The molecular weight excluding hydrogens is 489 g/mol. The van der Waals surface area contributed by atoms with E-state index in [-0.39, 0.29) is 35.4 Å². The highest BCUT2D eigenvalue weighted by molar-refractivity contribution is 5.68. The summed E-state index contributed by atoms with van der Waals surface area (Å²) in [7, 11) is 0. The Bertz CT molecular complexity index is 1350. The summed E-state index contributed by atoms with van der Waals surface area (Å²) in [5.41, 5.74) is 1.09. The van der Waals surface area contributed by atoms with Crippen LogP contribution < -0.4 is 10.9 Å². The third-order valence-electron chi connectivity index (χ3n) is 7.23. The zero-order chi connectivity index (χ0) is 26.5. The molecule has 0 bridgehead atoms. The summed E-state index contributed by atoms with van der Waals surface area (Å²) in [5.74, 6) is -0.178. The Morgan fingerprint density at radius 1 is 1.05 bits per heavy atom. The molecule has 1 aromatic carbocycles. The van der Waals surface area contributed by atoms with Gasteiger partial charge in [-0.1, -0.05) is 18.2 Å². The van der Waals surface area contributed by atoms with Crippen molar-refractivity contribution < 1.29 is 18.7 Å². The average Bonchev–Trinajstić information content (AvgIpc) is 2.95. The standard InChI is InChI=1S/C28H30FN5O4/c29-24-17-30-27(32-26(24)20-4-3-5-22(16-20)34-13-2-1-6-25(34)36)31-21-11-14-33(15-12-21)28(37)38-23-9-7-19(18-35)8-10-23/h1-6,13,16-19,21,23H,7-12,14-15H2,(H,30,31,32). The molecule has 0 spiro atoms. The number of pyridine rings is 1. The van der Waals surface area contributed by atoms with Gasteiger partial charge in [0, 0.05) is 48.6 Å². The monoisotopic (exact) mass is 519 g/mol. The van der Waals surface area contributed by atoms with Crippen LogP contribution in [0.4, 0.5) is 15.1 Å². The summed E-state index contributed by atoms with van der Waals surface area (Å²) in [4.78, 5) is 46.0. The Balaban J connectivity index is 1.20. The van der Waals surface area contributed by atoms with Gasteiger partial charge in [0.25, 0.3) is 5.56 Å². The number of nitrogens with zero attached hydrogens (tertiary/aromatic N) is 4. The summed E-state index contributed by atoms with van der Waals surface area (Å²) in [5, 5.41) is 3.27. The molecule has 198 valence electrons. The van der Waals surface area contributed by atoms with Crippen LogP contribution in [0, 0.1) is 11.7 Å². The first kappa shape index (κ1) is 25.6. The lowest BCUT2D eigenvalue weighted by molar-refractivity contribution is -0.112. The average molecular weight is 520 g/mol.